The number of likely N-dealkylation sites (tertiary alicyclic amines) is 1. The number of nitrogens with zero attached hydrogens (tertiary/aromatic N) is 6. The van der Waals surface area contributed by atoms with Crippen molar-refractivity contribution < 1.29 is 18.0 Å². The van der Waals surface area contributed by atoms with Crippen LogP contribution in [0, 0.1) is 0 Å². The lowest BCUT2D eigenvalue weighted by molar-refractivity contribution is -0.142. The number of rotatable bonds is 3. The fraction of sp³-hybridized carbons (Fsp3) is 0.474. The van der Waals surface area contributed by atoms with Gasteiger partial charge in [0, 0.05) is 31.5 Å². The van der Waals surface area contributed by atoms with Gasteiger partial charge in [-0.2, -0.15) is 23.4 Å². The molecule has 10 heteroatoms. The summed E-state index contributed by atoms with van der Waals surface area (Å²) in [5.41, 5.74) is 0.490. The molecule has 0 N–H and O–H groups in total. The Balaban J connectivity index is 1.76. The average molecular weight is 406 g/mol. The van der Waals surface area contributed by atoms with Gasteiger partial charge in [-0.05, 0) is 24.8 Å². The zero-order chi connectivity index (χ0) is 20.9. The van der Waals surface area contributed by atoms with Crippen LogP contribution in [-0.2, 0) is 13.2 Å². The highest BCUT2D eigenvalue weighted by atomic mass is 19.4. The van der Waals surface area contributed by atoms with E-state index in [4.69, 9.17) is 0 Å². The Labute approximate surface area is 165 Å². The standard InChI is InChI=1S/C19H21F3N6O/c1-11(2)13-7-16(19(20,21)22)28-17(24-13)8-14(25-28)15-5-4-6-27(15)18(29)12-9-23-26(3)10-12/h7-11,15H,4-6H2,1-3H3. The minimum Gasteiger partial charge on any atom is -0.330 e. The number of aryl methyl sites for hydroxylation is 1. The number of fused-ring (bicyclic) bond motifs is 1. The van der Waals surface area contributed by atoms with Gasteiger partial charge in [-0.1, -0.05) is 13.8 Å². The molecule has 1 saturated heterocycles. The van der Waals surface area contributed by atoms with Crippen molar-refractivity contribution in [3.05, 3.63) is 47.2 Å². The van der Waals surface area contributed by atoms with E-state index in [1.165, 1.54) is 10.9 Å². The van der Waals surface area contributed by atoms with Crippen molar-refractivity contribution in [2.45, 2.75) is 44.8 Å². The normalized spacial score (nSPS) is 17.6. The Morgan fingerprint density at radius 2 is 2.03 bits per heavy atom. The Morgan fingerprint density at radius 1 is 1.28 bits per heavy atom. The van der Waals surface area contributed by atoms with Crippen molar-refractivity contribution in [3.8, 4) is 0 Å². The molecule has 1 amide bonds. The van der Waals surface area contributed by atoms with Crippen LogP contribution in [0.25, 0.3) is 5.65 Å². The van der Waals surface area contributed by atoms with Crippen molar-refractivity contribution in [2.24, 2.45) is 7.05 Å². The molecular formula is C19H21F3N6O. The SMILES string of the molecule is CC(C)c1cc(C(F)(F)F)n2nc(C3CCCN3C(=O)c3cnn(C)c3)cc2n1. The Morgan fingerprint density at radius 3 is 2.66 bits per heavy atom. The van der Waals surface area contributed by atoms with E-state index in [9.17, 15) is 18.0 Å². The van der Waals surface area contributed by atoms with Gasteiger partial charge in [-0.25, -0.2) is 9.50 Å². The van der Waals surface area contributed by atoms with E-state index >= 15 is 0 Å². The Kier molecular flexibility index (Phi) is 4.59. The number of carbonyl (C=O) groups excluding carboxylic acids is 1. The molecule has 1 fully saturated rings. The highest BCUT2D eigenvalue weighted by molar-refractivity contribution is 5.94. The van der Waals surface area contributed by atoms with Gasteiger partial charge in [0.2, 0.25) is 0 Å². The molecule has 1 unspecified atom stereocenters. The summed E-state index contributed by atoms with van der Waals surface area (Å²) in [5.74, 6) is -0.362. The third-order valence-corrected chi connectivity index (χ3v) is 5.15. The number of hydrogen-bond acceptors (Lipinski definition) is 4. The summed E-state index contributed by atoms with van der Waals surface area (Å²) in [4.78, 5) is 18.9. The number of hydrogen-bond donors (Lipinski definition) is 0. The highest BCUT2D eigenvalue weighted by Gasteiger charge is 2.37. The first-order valence-corrected chi connectivity index (χ1v) is 9.42. The van der Waals surface area contributed by atoms with E-state index in [1.54, 1.807) is 38.1 Å². The van der Waals surface area contributed by atoms with E-state index in [-0.39, 0.29) is 17.5 Å². The maximum absolute atomic E-state index is 13.6. The van der Waals surface area contributed by atoms with Gasteiger partial charge in [0.1, 0.15) is 5.69 Å². The van der Waals surface area contributed by atoms with Gasteiger partial charge in [-0.15, -0.1) is 0 Å². The second-order valence-electron chi connectivity index (χ2n) is 7.62. The van der Waals surface area contributed by atoms with Crippen LogP contribution in [-0.4, -0.2) is 41.7 Å². The molecule has 0 radical (unpaired) electrons. The number of carbonyl (C=O) groups is 1. The topological polar surface area (TPSA) is 68.3 Å². The molecule has 1 aliphatic heterocycles. The van der Waals surface area contributed by atoms with E-state index in [0.29, 0.717) is 29.9 Å². The van der Waals surface area contributed by atoms with E-state index in [1.807, 2.05) is 0 Å². The van der Waals surface area contributed by atoms with Crippen LogP contribution in [0.5, 0.6) is 0 Å². The summed E-state index contributed by atoms with van der Waals surface area (Å²) in [7, 11) is 1.72. The molecular weight excluding hydrogens is 385 g/mol. The van der Waals surface area contributed by atoms with Crippen molar-refractivity contribution in [1.82, 2.24) is 29.3 Å². The lowest BCUT2D eigenvalue weighted by Gasteiger charge is -2.22. The van der Waals surface area contributed by atoms with Crippen LogP contribution in [0.4, 0.5) is 13.2 Å². The second kappa shape index (κ2) is 6.85. The molecule has 3 aromatic rings. The zero-order valence-corrected chi connectivity index (χ0v) is 16.3. The third kappa shape index (κ3) is 3.47. The fourth-order valence-corrected chi connectivity index (χ4v) is 3.69. The molecule has 0 spiro atoms. The molecule has 0 bridgehead atoms. The lowest BCUT2D eigenvalue weighted by atomic mass is 10.1. The minimum absolute atomic E-state index is 0.138. The van der Waals surface area contributed by atoms with E-state index in [2.05, 4.69) is 15.2 Å². The molecule has 4 heterocycles. The second-order valence-corrected chi connectivity index (χ2v) is 7.62. The summed E-state index contributed by atoms with van der Waals surface area (Å²) in [6.45, 7) is 4.10. The van der Waals surface area contributed by atoms with Gasteiger partial charge >= 0.3 is 6.18 Å². The van der Waals surface area contributed by atoms with Crippen LogP contribution in [0.1, 0.15) is 66.1 Å². The number of aromatic nitrogens is 5. The van der Waals surface area contributed by atoms with Crippen molar-refractivity contribution in [3.63, 3.8) is 0 Å². The summed E-state index contributed by atoms with van der Waals surface area (Å²) in [6, 6.07) is 2.20. The predicted octanol–water partition coefficient (Wildman–Crippen LogP) is 3.58. The van der Waals surface area contributed by atoms with Crippen LogP contribution in [0.2, 0.25) is 0 Å². The van der Waals surface area contributed by atoms with Gasteiger partial charge in [0.25, 0.3) is 5.91 Å². The zero-order valence-electron chi connectivity index (χ0n) is 16.3. The van der Waals surface area contributed by atoms with Gasteiger partial charge in [-0.3, -0.25) is 9.48 Å². The minimum atomic E-state index is -4.56. The number of amides is 1. The van der Waals surface area contributed by atoms with Crippen LogP contribution < -0.4 is 0 Å². The van der Waals surface area contributed by atoms with E-state index in [0.717, 1.165) is 17.0 Å². The molecule has 7 nitrogen and oxygen atoms in total. The Hall–Kier alpha value is -2.91. The monoisotopic (exact) mass is 406 g/mol. The molecule has 1 aliphatic rings. The van der Waals surface area contributed by atoms with Crippen LogP contribution in [0.15, 0.2) is 24.5 Å². The molecule has 4 rings (SSSR count). The molecule has 1 atom stereocenters. The first kappa shape index (κ1) is 19.4. The predicted molar refractivity (Wildman–Crippen MR) is 98.3 cm³/mol. The first-order chi connectivity index (χ1) is 13.6. The fourth-order valence-electron chi connectivity index (χ4n) is 3.69. The molecule has 0 aliphatic carbocycles. The maximum atomic E-state index is 13.6. The first-order valence-electron chi connectivity index (χ1n) is 9.42. The Bertz CT molecular complexity index is 1070. The van der Waals surface area contributed by atoms with Gasteiger partial charge in [0.05, 0.1) is 23.5 Å². The van der Waals surface area contributed by atoms with E-state index < -0.39 is 17.9 Å². The number of alkyl halides is 3. The molecule has 0 aromatic carbocycles. The van der Waals surface area contributed by atoms with Gasteiger partial charge < -0.3 is 4.90 Å². The largest absolute Gasteiger partial charge is 0.433 e. The lowest BCUT2D eigenvalue weighted by Crippen LogP contribution is -2.30. The summed E-state index contributed by atoms with van der Waals surface area (Å²) in [5, 5.41) is 8.23. The number of halogens is 3. The van der Waals surface area contributed by atoms with Crippen molar-refractivity contribution in [2.75, 3.05) is 6.54 Å². The molecule has 29 heavy (non-hydrogen) atoms. The average Bonchev–Trinajstić information content (AvgIpc) is 3.37. The summed E-state index contributed by atoms with van der Waals surface area (Å²) >= 11 is 0. The quantitative estimate of drug-likeness (QED) is 0.667. The van der Waals surface area contributed by atoms with Crippen molar-refractivity contribution in [1.29, 1.82) is 0 Å². The smallest absolute Gasteiger partial charge is 0.330 e. The van der Waals surface area contributed by atoms with Gasteiger partial charge in [0.15, 0.2) is 5.65 Å². The highest BCUT2D eigenvalue weighted by Crippen LogP contribution is 2.35. The molecule has 154 valence electrons. The summed E-state index contributed by atoms with van der Waals surface area (Å²) < 4.78 is 43.2. The maximum Gasteiger partial charge on any atom is 0.433 e. The molecule has 3 aromatic heterocycles. The van der Waals surface area contributed by atoms with Crippen molar-refractivity contribution >= 4 is 11.6 Å². The molecule has 0 saturated carbocycles. The third-order valence-electron chi connectivity index (χ3n) is 5.15. The van der Waals surface area contributed by atoms with Crippen LogP contribution >= 0.6 is 0 Å². The van der Waals surface area contributed by atoms with Crippen LogP contribution in [0.3, 0.4) is 0 Å². The summed E-state index contributed by atoms with van der Waals surface area (Å²) in [6.07, 6.45) is -0.0656.